The molecule has 3 heterocycles. The Morgan fingerprint density at radius 3 is 2.45 bits per heavy atom. The molecule has 1 aromatic carbocycles. The van der Waals surface area contributed by atoms with Gasteiger partial charge in [0.15, 0.2) is 5.82 Å². The average molecular weight is 448 g/mol. The number of ether oxygens (including phenoxy) is 1. The molecule has 0 radical (unpaired) electrons. The van der Waals surface area contributed by atoms with Gasteiger partial charge in [0, 0.05) is 57.4 Å². The van der Waals surface area contributed by atoms with Crippen molar-refractivity contribution in [2.75, 3.05) is 27.2 Å². The summed E-state index contributed by atoms with van der Waals surface area (Å²) in [7, 11) is 3.48. The Kier molecular flexibility index (Phi) is 6.84. The van der Waals surface area contributed by atoms with Gasteiger partial charge < -0.3 is 14.5 Å². The van der Waals surface area contributed by atoms with Crippen molar-refractivity contribution in [3.05, 3.63) is 77.7 Å². The summed E-state index contributed by atoms with van der Waals surface area (Å²) in [6.07, 6.45) is 6.49. The van der Waals surface area contributed by atoms with Gasteiger partial charge in [-0.15, -0.1) is 0 Å². The second-order valence-electron chi connectivity index (χ2n) is 8.31. The number of nitrogens with zero attached hydrogens (tertiary/aromatic N) is 5. The normalized spacial score (nSPS) is 18.0. The van der Waals surface area contributed by atoms with E-state index >= 15 is 0 Å². The lowest BCUT2D eigenvalue weighted by atomic mass is 9.95. The van der Waals surface area contributed by atoms with Crippen LogP contribution in [0.15, 0.2) is 61.1 Å². The van der Waals surface area contributed by atoms with Crippen LogP contribution in [0, 0.1) is 0 Å². The average Bonchev–Trinajstić information content (AvgIpc) is 3.39. The van der Waals surface area contributed by atoms with E-state index in [2.05, 4.69) is 10.1 Å². The van der Waals surface area contributed by atoms with Crippen LogP contribution >= 0.6 is 0 Å². The standard InChI is InChI=1S/C25H29N5O3/c1-4-29(25(32)20-10-11-23(26-17-20)30-14-5-13-27-30)21-12-15-33-22(16-21)18-6-8-19(9-7-18)24(31)28(2)3/h5-11,13-14,17,21-22H,4,12,15-16H2,1-3H3/t21-,22+/m1/s1. The van der Waals surface area contributed by atoms with Gasteiger partial charge in [0.25, 0.3) is 11.8 Å². The van der Waals surface area contributed by atoms with Crippen LogP contribution in [0.4, 0.5) is 0 Å². The Morgan fingerprint density at radius 1 is 1.09 bits per heavy atom. The molecule has 2 amide bonds. The number of hydrogen-bond acceptors (Lipinski definition) is 5. The maximum atomic E-state index is 13.3. The Hall–Kier alpha value is -3.52. The molecule has 8 heteroatoms. The van der Waals surface area contributed by atoms with E-state index in [0.29, 0.717) is 36.5 Å². The maximum absolute atomic E-state index is 13.3. The van der Waals surface area contributed by atoms with Crippen LogP contribution in [0.1, 0.15) is 52.1 Å². The number of aromatic nitrogens is 3. The largest absolute Gasteiger partial charge is 0.373 e. The molecule has 1 aliphatic rings. The third-order valence-corrected chi connectivity index (χ3v) is 5.97. The molecule has 33 heavy (non-hydrogen) atoms. The van der Waals surface area contributed by atoms with Crippen LogP contribution in [0.2, 0.25) is 0 Å². The lowest BCUT2D eigenvalue weighted by Crippen LogP contribution is -2.44. The number of benzene rings is 1. The fourth-order valence-corrected chi connectivity index (χ4v) is 4.18. The zero-order valence-electron chi connectivity index (χ0n) is 19.2. The summed E-state index contributed by atoms with van der Waals surface area (Å²) >= 11 is 0. The highest BCUT2D eigenvalue weighted by Gasteiger charge is 2.31. The smallest absolute Gasteiger partial charge is 0.255 e. The highest BCUT2D eigenvalue weighted by atomic mass is 16.5. The van der Waals surface area contributed by atoms with Gasteiger partial charge in [-0.25, -0.2) is 9.67 Å². The Bertz CT molecular complexity index is 1080. The van der Waals surface area contributed by atoms with Gasteiger partial charge in [-0.3, -0.25) is 9.59 Å². The molecular formula is C25H29N5O3. The minimum absolute atomic E-state index is 0.0288. The Balaban J connectivity index is 1.46. The predicted octanol–water partition coefficient (Wildman–Crippen LogP) is 3.35. The zero-order chi connectivity index (χ0) is 23.4. The summed E-state index contributed by atoms with van der Waals surface area (Å²) in [5.74, 6) is 0.607. The maximum Gasteiger partial charge on any atom is 0.255 e. The molecule has 2 aromatic heterocycles. The van der Waals surface area contributed by atoms with E-state index in [1.165, 1.54) is 0 Å². The Labute approximate surface area is 193 Å². The van der Waals surface area contributed by atoms with Crippen LogP contribution in [-0.2, 0) is 4.74 Å². The van der Waals surface area contributed by atoms with Crippen molar-refractivity contribution in [1.29, 1.82) is 0 Å². The molecule has 0 bridgehead atoms. The zero-order valence-corrected chi connectivity index (χ0v) is 19.2. The minimum Gasteiger partial charge on any atom is -0.373 e. The molecule has 2 atom stereocenters. The van der Waals surface area contributed by atoms with Gasteiger partial charge in [0.1, 0.15) is 0 Å². The fraction of sp³-hybridized carbons (Fsp3) is 0.360. The summed E-state index contributed by atoms with van der Waals surface area (Å²) in [4.78, 5) is 33.3. The van der Waals surface area contributed by atoms with Gasteiger partial charge in [-0.05, 0) is 55.7 Å². The molecule has 0 aliphatic carbocycles. The summed E-state index contributed by atoms with van der Waals surface area (Å²) in [5, 5.41) is 4.17. The van der Waals surface area contributed by atoms with E-state index in [0.717, 1.165) is 12.0 Å². The first-order valence-electron chi connectivity index (χ1n) is 11.2. The van der Waals surface area contributed by atoms with Crippen molar-refractivity contribution in [3.63, 3.8) is 0 Å². The van der Waals surface area contributed by atoms with E-state index in [9.17, 15) is 9.59 Å². The van der Waals surface area contributed by atoms with Gasteiger partial charge in [0.05, 0.1) is 11.7 Å². The number of carbonyl (C=O) groups excluding carboxylic acids is 2. The third-order valence-electron chi connectivity index (χ3n) is 5.97. The summed E-state index contributed by atoms with van der Waals surface area (Å²) in [6, 6.07) is 13.0. The second-order valence-corrected chi connectivity index (χ2v) is 8.31. The van der Waals surface area contributed by atoms with Crippen molar-refractivity contribution in [3.8, 4) is 5.82 Å². The predicted molar refractivity (Wildman–Crippen MR) is 124 cm³/mol. The van der Waals surface area contributed by atoms with Gasteiger partial charge in [-0.1, -0.05) is 12.1 Å². The van der Waals surface area contributed by atoms with E-state index in [-0.39, 0.29) is 24.0 Å². The molecule has 0 N–H and O–H groups in total. The quantitative estimate of drug-likeness (QED) is 0.579. The second kappa shape index (κ2) is 9.95. The van der Waals surface area contributed by atoms with Crippen molar-refractivity contribution >= 4 is 11.8 Å². The van der Waals surface area contributed by atoms with Crippen molar-refractivity contribution in [2.24, 2.45) is 0 Å². The Morgan fingerprint density at radius 2 is 1.85 bits per heavy atom. The molecule has 1 saturated heterocycles. The minimum atomic E-state index is -0.116. The molecule has 1 fully saturated rings. The van der Waals surface area contributed by atoms with Crippen molar-refractivity contribution < 1.29 is 14.3 Å². The number of carbonyl (C=O) groups is 2. The molecule has 172 valence electrons. The van der Waals surface area contributed by atoms with Crippen LogP contribution in [0.25, 0.3) is 5.82 Å². The van der Waals surface area contributed by atoms with Gasteiger partial charge >= 0.3 is 0 Å². The van der Waals surface area contributed by atoms with E-state index in [1.54, 1.807) is 48.2 Å². The van der Waals surface area contributed by atoms with E-state index < -0.39 is 0 Å². The van der Waals surface area contributed by atoms with Crippen LogP contribution in [-0.4, -0.2) is 69.7 Å². The van der Waals surface area contributed by atoms with E-state index in [1.807, 2.05) is 48.4 Å². The molecule has 0 spiro atoms. The van der Waals surface area contributed by atoms with Gasteiger partial charge in [0.2, 0.25) is 0 Å². The topological polar surface area (TPSA) is 80.6 Å². The molecule has 3 aromatic rings. The molecule has 4 rings (SSSR count). The first kappa shape index (κ1) is 22.7. The third kappa shape index (κ3) is 4.96. The summed E-state index contributed by atoms with van der Waals surface area (Å²) in [5.41, 5.74) is 2.22. The van der Waals surface area contributed by atoms with Crippen molar-refractivity contribution in [2.45, 2.75) is 31.9 Å². The van der Waals surface area contributed by atoms with E-state index in [4.69, 9.17) is 4.74 Å². The highest BCUT2D eigenvalue weighted by Crippen LogP contribution is 2.31. The molecule has 1 aliphatic heterocycles. The fourth-order valence-electron chi connectivity index (χ4n) is 4.18. The lowest BCUT2D eigenvalue weighted by molar-refractivity contribution is -0.0231. The number of pyridine rings is 1. The molecular weight excluding hydrogens is 418 g/mol. The lowest BCUT2D eigenvalue weighted by Gasteiger charge is -2.37. The highest BCUT2D eigenvalue weighted by molar-refractivity contribution is 5.94. The SMILES string of the molecule is CCN(C(=O)c1ccc(-n2cccn2)nc1)[C@@H]1CCO[C@H](c2ccc(C(=O)N(C)C)cc2)C1. The van der Waals surface area contributed by atoms with Crippen molar-refractivity contribution in [1.82, 2.24) is 24.6 Å². The molecule has 0 saturated carbocycles. The number of hydrogen-bond donors (Lipinski definition) is 0. The van der Waals surface area contributed by atoms with Gasteiger partial charge in [-0.2, -0.15) is 5.10 Å². The summed E-state index contributed by atoms with van der Waals surface area (Å²) in [6.45, 7) is 3.18. The first-order valence-corrected chi connectivity index (χ1v) is 11.2. The monoisotopic (exact) mass is 447 g/mol. The molecule has 8 nitrogen and oxygen atoms in total. The first-order chi connectivity index (χ1) is 16.0. The van der Waals surface area contributed by atoms with Crippen LogP contribution in [0.5, 0.6) is 0 Å². The number of rotatable bonds is 6. The molecule has 0 unspecified atom stereocenters. The van der Waals surface area contributed by atoms with Crippen LogP contribution < -0.4 is 0 Å². The van der Waals surface area contributed by atoms with Crippen LogP contribution in [0.3, 0.4) is 0 Å². The summed E-state index contributed by atoms with van der Waals surface area (Å²) < 4.78 is 7.68. The number of amides is 2.